The van der Waals surface area contributed by atoms with Gasteiger partial charge in [-0.25, -0.2) is 0 Å². The van der Waals surface area contributed by atoms with Gasteiger partial charge in [0.2, 0.25) is 5.91 Å². The summed E-state index contributed by atoms with van der Waals surface area (Å²) < 4.78 is 5.58. The van der Waals surface area contributed by atoms with E-state index in [-0.39, 0.29) is 30.3 Å². The topological polar surface area (TPSA) is 64.3 Å². The Bertz CT molecular complexity index is 397. The number of carbonyl (C=O) groups excluding carboxylic acids is 1. The van der Waals surface area contributed by atoms with E-state index in [9.17, 15) is 4.79 Å². The van der Waals surface area contributed by atoms with Gasteiger partial charge in [-0.05, 0) is 25.5 Å². The third-order valence-electron chi connectivity index (χ3n) is 2.81. The molecular weight excluding hydrogens is 264 g/mol. The lowest BCUT2D eigenvalue weighted by Crippen LogP contribution is -2.34. The van der Waals surface area contributed by atoms with Gasteiger partial charge in [-0.3, -0.25) is 4.79 Å². The van der Waals surface area contributed by atoms with Gasteiger partial charge in [0.15, 0.2) is 0 Å². The summed E-state index contributed by atoms with van der Waals surface area (Å²) in [6.45, 7) is 6.31. The molecule has 0 bridgehead atoms. The Morgan fingerprint density at radius 2 is 2.00 bits per heavy atom. The van der Waals surface area contributed by atoms with E-state index in [1.807, 2.05) is 45.0 Å². The number of nitrogens with two attached hydrogens (primary N) is 1. The predicted octanol–water partition coefficient (Wildman–Crippen LogP) is 2.82. The molecule has 0 aliphatic rings. The van der Waals surface area contributed by atoms with Crippen molar-refractivity contribution in [1.82, 2.24) is 0 Å². The number of hydrogen-bond acceptors (Lipinski definition) is 3. The highest BCUT2D eigenvalue weighted by atomic mass is 35.5. The second kappa shape index (κ2) is 8.77. The van der Waals surface area contributed by atoms with E-state index in [1.54, 1.807) is 0 Å². The Kier molecular flexibility index (Phi) is 8.19. The smallest absolute Gasteiger partial charge is 0.228 e. The number of amides is 1. The van der Waals surface area contributed by atoms with Gasteiger partial charge in [0.1, 0.15) is 5.75 Å². The number of halogens is 1. The van der Waals surface area contributed by atoms with Crippen LogP contribution in [-0.2, 0) is 4.79 Å². The van der Waals surface area contributed by atoms with Crippen LogP contribution in [0.25, 0.3) is 0 Å². The maximum atomic E-state index is 11.9. The van der Waals surface area contributed by atoms with Crippen LogP contribution in [0.1, 0.15) is 27.2 Å². The number of nitrogens with one attached hydrogen (secondary N) is 1. The fraction of sp³-hybridized carbons (Fsp3) is 0.500. The zero-order chi connectivity index (χ0) is 13.5. The van der Waals surface area contributed by atoms with E-state index >= 15 is 0 Å². The largest absolute Gasteiger partial charge is 0.491 e. The van der Waals surface area contributed by atoms with Crippen LogP contribution in [0.3, 0.4) is 0 Å². The average Bonchev–Trinajstić information content (AvgIpc) is 2.36. The summed E-state index contributed by atoms with van der Waals surface area (Å²) in [5, 5.41) is 2.86. The van der Waals surface area contributed by atoms with Crippen LogP contribution in [0, 0.1) is 5.92 Å². The fourth-order valence-corrected chi connectivity index (χ4v) is 1.39. The zero-order valence-electron chi connectivity index (χ0n) is 11.7. The van der Waals surface area contributed by atoms with Crippen molar-refractivity contribution < 1.29 is 9.53 Å². The van der Waals surface area contributed by atoms with Crippen LogP contribution in [-0.4, -0.2) is 18.6 Å². The molecule has 1 aromatic carbocycles. The summed E-state index contributed by atoms with van der Waals surface area (Å²) in [6, 6.07) is 7.26. The van der Waals surface area contributed by atoms with Gasteiger partial charge < -0.3 is 15.8 Å². The molecule has 1 aromatic rings. The molecule has 0 aliphatic carbocycles. The molecule has 3 N–H and O–H groups in total. The summed E-state index contributed by atoms with van der Waals surface area (Å²) in [7, 11) is 0. The number of carbonyl (C=O) groups is 1. The van der Waals surface area contributed by atoms with Crippen LogP contribution >= 0.6 is 12.4 Å². The predicted molar refractivity (Wildman–Crippen MR) is 80.9 cm³/mol. The molecule has 1 rings (SSSR count). The molecule has 0 saturated carbocycles. The molecule has 4 nitrogen and oxygen atoms in total. The van der Waals surface area contributed by atoms with E-state index in [2.05, 4.69) is 5.32 Å². The molecule has 0 aliphatic heterocycles. The van der Waals surface area contributed by atoms with Crippen molar-refractivity contribution in [3.63, 3.8) is 0 Å². The summed E-state index contributed by atoms with van der Waals surface area (Å²) in [5.74, 6) is 0.381. The minimum Gasteiger partial charge on any atom is -0.491 e. The Morgan fingerprint density at radius 1 is 1.37 bits per heavy atom. The molecule has 1 amide bonds. The molecule has 0 aromatic heterocycles. The molecule has 0 radical (unpaired) electrons. The van der Waals surface area contributed by atoms with Gasteiger partial charge in [-0.2, -0.15) is 0 Å². The first-order valence-electron chi connectivity index (χ1n) is 6.34. The Labute approximate surface area is 121 Å². The maximum Gasteiger partial charge on any atom is 0.228 e. The molecule has 19 heavy (non-hydrogen) atoms. The lowest BCUT2D eigenvalue weighted by atomic mass is 10.0. The summed E-state index contributed by atoms with van der Waals surface area (Å²) in [4.78, 5) is 11.9. The third kappa shape index (κ3) is 5.49. The van der Waals surface area contributed by atoms with Gasteiger partial charge in [-0.15, -0.1) is 12.4 Å². The molecule has 0 spiro atoms. The van der Waals surface area contributed by atoms with Crippen molar-refractivity contribution in [3.8, 4) is 5.75 Å². The van der Waals surface area contributed by atoms with Crippen molar-refractivity contribution in [2.24, 2.45) is 11.7 Å². The van der Waals surface area contributed by atoms with E-state index in [0.717, 1.165) is 6.42 Å². The number of para-hydroxylation sites is 2. The van der Waals surface area contributed by atoms with Crippen LogP contribution in [0.15, 0.2) is 24.3 Å². The van der Waals surface area contributed by atoms with Crippen molar-refractivity contribution in [2.45, 2.75) is 33.2 Å². The van der Waals surface area contributed by atoms with Crippen molar-refractivity contribution >= 4 is 24.0 Å². The summed E-state index contributed by atoms with van der Waals surface area (Å²) >= 11 is 0. The molecule has 0 saturated heterocycles. The number of anilines is 1. The van der Waals surface area contributed by atoms with Crippen LogP contribution in [0.5, 0.6) is 5.75 Å². The second-order valence-corrected chi connectivity index (χ2v) is 4.48. The lowest BCUT2D eigenvalue weighted by Gasteiger charge is -2.17. The third-order valence-corrected chi connectivity index (χ3v) is 2.81. The summed E-state index contributed by atoms with van der Waals surface area (Å²) in [6.07, 6.45) is 0.929. The normalized spacial score (nSPS) is 13.1. The second-order valence-electron chi connectivity index (χ2n) is 4.48. The van der Waals surface area contributed by atoms with Crippen LogP contribution in [0.2, 0.25) is 0 Å². The van der Waals surface area contributed by atoms with Gasteiger partial charge in [0, 0.05) is 6.04 Å². The van der Waals surface area contributed by atoms with Gasteiger partial charge >= 0.3 is 0 Å². The Hall–Kier alpha value is -1.26. The van der Waals surface area contributed by atoms with Crippen molar-refractivity contribution in [2.75, 3.05) is 11.9 Å². The lowest BCUT2D eigenvalue weighted by molar-refractivity contribution is -0.119. The quantitative estimate of drug-likeness (QED) is 0.845. The molecule has 0 heterocycles. The van der Waals surface area contributed by atoms with Gasteiger partial charge in [0.05, 0.1) is 18.2 Å². The van der Waals surface area contributed by atoms with Crippen LogP contribution < -0.4 is 15.8 Å². The monoisotopic (exact) mass is 286 g/mol. The Morgan fingerprint density at radius 3 is 2.58 bits per heavy atom. The van der Waals surface area contributed by atoms with Gasteiger partial charge in [0.25, 0.3) is 0 Å². The minimum atomic E-state index is -0.232. The standard InChI is InChI=1S/C14H22N2O2.ClH/c1-4-9-18-13-8-6-5-7-12(13)16-14(17)10(2)11(3)15;/h5-8,10-11H,4,9,15H2,1-3H3,(H,16,17);1H. The van der Waals surface area contributed by atoms with E-state index in [4.69, 9.17) is 10.5 Å². The van der Waals surface area contributed by atoms with E-state index in [0.29, 0.717) is 18.0 Å². The summed E-state index contributed by atoms with van der Waals surface area (Å²) in [5.41, 5.74) is 6.41. The van der Waals surface area contributed by atoms with Crippen molar-refractivity contribution in [1.29, 1.82) is 0 Å². The number of ether oxygens (including phenoxy) is 1. The highest BCUT2D eigenvalue weighted by Crippen LogP contribution is 2.24. The maximum absolute atomic E-state index is 11.9. The SMILES string of the molecule is CCCOc1ccccc1NC(=O)C(C)C(C)N.Cl. The minimum absolute atomic E-state index is 0. The molecule has 108 valence electrons. The van der Waals surface area contributed by atoms with E-state index in [1.165, 1.54) is 0 Å². The number of benzene rings is 1. The first kappa shape index (κ1) is 17.7. The molecule has 2 atom stereocenters. The first-order chi connectivity index (χ1) is 8.56. The average molecular weight is 287 g/mol. The fourth-order valence-electron chi connectivity index (χ4n) is 1.39. The van der Waals surface area contributed by atoms with Crippen LogP contribution in [0.4, 0.5) is 5.69 Å². The van der Waals surface area contributed by atoms with Gasteiger partial charge in [-0.1, -0.05) is 26.0 Å². The highest BCUT2D eigenvalue weighted by molar-refractivity contribution is 5.94. The molecular formula is C14H23ClN2O2. The number of hydrogen-bond donors (Lipinski definition) is 2. The number of rotatable bonds is 6. The molecule has 5 heteroatoms. The first-order valence-corrected chi connectivity index (χ1v) is 6.34. The highest BCUT2D eigenvalue weighted by Gasteiger charge is 2.18. The molecule has 0 fully saturated rings. The van der Waals surface area contributed by atoms with Crippen molar-refractivity contribution in [3.05, 3.63) is 24.3 Å². The molecule has 2 unspecified atom stereocenters. The van der Waals surface area contributed by atoms with E-state index < -0.39 is 0 Å². The zero-order valence-corrected chi connectivity index (χ0v) is 12.5. The Balaban J connectivity index is 0.00000324.